The zero-order valence-corrected chi connectivity index (χ0v) is 23.1. The van der Waals surface area contributed by atoms with Crippen molar-refractivity contribution in [2.24, 2.45) is 11.7 Å². The number of hydrogen-bond donors (Lipinski definition) is 2. The van der Waals surface area contributed by atoms with E-state index in [0.29, 0.717) is 31.4 Å². The number of hydrogen-bond acceptors (Lipinski definition) is 8. The van der Waals surface area contributed by atoms with Gasteiger partial charge in [-0.1, -0.05) is 54.6 Å². The number of benzene rings is 3. The highest BCUT2D eigenvalue weighted by Gasteiger charge is 2.39. The summed E-state index contributed by atoms with van der Waals surface area (Å²) in [5.74, 6) is -0.351. The topological polar surface area (TPSA) is 120 Å². The second-order valence-electron chi connectivity index (χ2n) is 10.5. The molecule has 0 radical (unpaired) electrons. The lowest BCUT2D eigenvalue weighted by molar-refractivity contribution is -0.137. The summed E-state index contributed by atoms with van der Waals surface area (Å²) in [4.78, 5) is 27.0. The number of ether oxygens (including phenoxy) is 2. The molecule has 9 nitrogen and oxygen atoms in total. The van der Waals surface area contributed by atoms with Gasteiger partial charge >= 0.3 is 0 Å². The lowest BCUT2D eigenvalue weighted by Crippen LogP contribution is -2.53. The maximum Gasteiger partial charge on any atom is 0.228 e. The molecule has 1 aliphatic heterocycles. The van der Waals surface area contributed by atoms with Crippen molar-refractivity contribution >= 4 is 28.6 Å². The lowest BCUT2D eigenvalue weighted by Gasteiger charge is -2.43. The third-order valence-corrected chi connectivity index (χ3v) is 8.32. The normalized spacial score (nSPS) is 20.5. The average Bonchev–Trinajstić information content (AvgIpc) is 3.01. The maximum atomic E-state index is 15.5. The molecule has 10 heteroatoms. The van der Waals surface area contributed by atoms with E-state index in [1.54, 1.807) is 6.07 Å². The zero-order chi connectivity index (χ0) is 28.7. The third kappa shape index (κ3) is 4.67. The number of rotatable bonds is 5. The second kappa shape index (κ2) is 10.9. The molecular weight excluding hydrogens is 523 g/mol. The van der Waals surface area contributed by atoms with Gasteiger partial charge in [-0.25, -0.2) is 9.37 Å². The molecule has 1 amide bonds. The number of anilines is 2. The summed E-state index contributed by atoms with van der Waals surface area (Å²) in [6, 6.07) is 18.9. The Labute approximate surface area is 237 Å². The number of aryl methyl sites for hydroxylation is 1. The van der Waals surface area contributed by atoms with Crippen molar-refractivity contribution in [1.82, 2.24) is 14.9 Å². The minimum Gasteiger partial charge on any atom is -0.493 e. The molecule has 1 saturated heterocycles. The van der Waals surface area contributed by atoms with Crippen LogP contribution in [0.2, 0.25) is 0 Å². The minimum absolute atomic E-state index is 0.0438. The fraction of sp³-hybridized carbons (Fsp3) is 0.323. The van der Waals surface area contributed by atoms with Gasteiger partial charge in [0.05, 0.1) is 26.2 Å². The van der Waals surface area contributed by atoms with Gasteiger partial charge in [-0.2, -0.15) is 4.98 Å². The van der Waals surface area contributed by atoms with Crippen molar-refractivity contribution in [3.05, 3.63) is 83.2 Å². The van der Waals surface area contributed by atoms with Gasteiger partial charge in [0, 0.05) is 31.1 Å². The van der Waals surface area contributed by atoms with Gasteiger partial charge in [0.2, 0.25) is 11.9 Å². The molecule has 3 aromatic carbocycles. The Balaban J connectivity index is 1.34. The van der Waals surface area contributed by atoms with Crippen molar-refractivity contribution in [2.75, 3.05) is 44.5 Å². The molecule has 4 N–H and O–H groups in total. The fourth-order valence-corrected chi connectivity index (χ4v) is 6.16. The molecule has 6 rings (SSSR count). The maximum absolute atomic E-state index is 15.5. The van der Waals surface area contributed by atoms with Crippen LogP contribution in [-0.4, -0.2) is 54.6 Å². The van der Waals surface area contributed by atoms with Crippen molar-refractivity contribution in [2.45, 2.75) is 24.9 Å². The van der Waals surface area contributed by atoms with Gasteiger partial charge in [0.25, 0.3) is 0 Å². The fourth-order valence-electron chi connectivity index (χ4n) is 6.16. The first-order valence-electron chi connectivity index (χ1n) is 13.7. The predicted molar refractivity (Wildman–Crippen MR) is 155 cm³/mol. The zero-order valence-electron chi connectivity index (χ0n) is 23.1. The summed E-state index contributed by atoms with van der Waals surface area (Å²) in [6.45, 7) is 1.29. The highest BCUT2D eigenvalue weighted by molar-refractivity contribution is 5.92. The van der Waals surface area contributed by atoms with Crippen LogP contribution in [0.3, 0.4) is 0 Å². The van der Waals surface area contributed by atoms with Gasteiger partial charge in [0.15, 0.2) is 17.3 Å². The predicted octanol–water partition coefficient (Wildman–Crippen LogP) is 4.02. The number of aromatic nitrogens is 2. The van der Waals surface area contributed by atoms with E-state index in [4.69, 9.17) is 20.9 Å². The SMILES string of the molecule is COc1cc2c(N)nc(N3CCN(C(=O)C4CCc5ccccc5C4N)CC3c3ccccc3)nc2c(F)c1OC. The van der Waals surface area contributed by atoms with E-state index in [1.807, 2.05) is 58.3 Å². The average molecular weight is 557 g/mol. The molecule has 0 saturated carbocycles. The van der Waals surface area contributed by atoms with Gasteiger partial charge in [-0.3, -0.25) is 4.79 Å². The molecule has 0 bridgehead atoms. The van der Waals surface area contributed by atoms with Crippen molar-refractivity contribution in [3.63, 3.8) is 0 Å². The van der Waals surface area contributed by atoms with Crippen LogP contribution in [0.4, 0.5) is 16.2 Å². The highest BCUT2D eigenvalue weighted by Crippen LogP contribution is 2.40. The second-order valence-corrected chi connectivity index (χ2v) is 10.5. The van der Waals surface area contributed by atoms with E-state index >= 15 is 4.39 Å². The number of halogens is 1. The van der Waals surface area contributed by atoms with Gasteiger partial charge < -0.3 is 30.7 Å². The number of nitrogens with zero attached hydrogens (tertiary/aromatic N) is 4. The van der Waals surface area contributed by atoms with Crippen molar-refractivity contribution in [1.29, 1.82) is 0 Å². The first-order chi connectivity index (χ1) is 19.9. The van der Waals surface area contributed by atoms with Gasteiger partial charge in [0.1, 0.15) is 11.3 Å². The molecule has 3 atom stereocenters. The third-order valence-electron chi connectivity index (χ3n) is 8.32. The van der Waals surface area contributed by atoms with Crippen LogP contribution >= 0.6 is 0 Å². The number of amides is 1. The van der Waals surface area contributed by atoms with Crippen LogP contribution in [0.1, 0.15) is 35.2 Å². The summed E-state index contributed by atoms with van der Waals surface area (Å²) in [7, 11) is 2.80. The molecule has 4 aromatic rings. The molecule has 0 spiro atoms. The quantitative estimate of drug-likeness (QED) is 0.378. The first kappa shape index (κ1) is 26.8. The largest absolute Gasteiger partial charge is 0.493 e. The number of methoxy groups -OCH3 is 2. The monoisotopic (exact) mass is 556 g/mol. The van der Waals surface area contributed by atoms with E-state index in [2.05, 4.69) is 16.0 Å². The number of fused-ring (bicyclic) bond motifs is 2. The van der Waals surface area contributed by atoms with Crippen molar-refractivity contribution in [3.8, 4) is 11.5 Å². The molecule has 1 aromatic heterocycles. The van der Waals surface area contributed by atoms with E-state index in [1.165, 1.54) is 19.8 Å². The summed E-state index contributed by atoms with van der Waals surface area (Å²) in [5.41, 5.74) is 16.3. The van der Waals surface area contributed by atoms with Crippen molar-refractivity contribution < 1.29 is 18.7 Å². The van der Waals surface area contributed by atoms with E-state index in [0.717, 1.165) is 17.5 Å². The summed E-state index contributed by atoms with van der Waals surface area (Å²) in [5, 5.41) is 0.334. The Hall–Kier alpha value is -4.44. The first-order valence-corrected chi connectivity index (χ1v) is 13.7. The molecule has 41 heavy (non-hydrogen) atoms. The number of carbonyl (C=O) groups is 1. The lowest BCUT2D eigenvalue weighted by atomic mass is 9.79. The number of piperazine rings is 1. The minimum atomic E-state index is -0.672. The number of nitrogen functional groups attached to an aromatic ring is 1. The highest BCUT2D eigenvalue weighted by atomic mass is 19.1. The van der Waals surface area contributed by atoms with Crippen LogP contribution in [0, 0.1) is 11.7 Å². The molecule has 2 heterocycles. The molecule has 3 unspecified atom stereocenters. The number of carbonyl (C=O) groups excluding carboxylic acids is 1. The molecule has 2 aliphatic rings. The standard InChI is InChI=1S/C31H33FN6O3/c1-40-24-16-22-27(25(32)28(24)41-2)35-31(36-29(22)34)38-15-14-37(17-23(38)19-9-4-3-5-10-19)30(39)21-13-12-18-8-6-7-11-20(18)26(21)33/h3-11,16,21,23,26H,12-15,17,33H2,1-2H3,(H2,34,35,36). The van der Waals surface area contributed by atoms with Crippen LogP contribution in [0.25, 0.3) is 10.9 Å². The Morgan fingerprint density at radius 2 is 1.78 bits per heavy atom. The van der Waals surface area contributed by atoms with Crippen LogP contribution < -0.4 is 25.8 Å². The Morgan fingerprint density at radius 3 is 2.54 bits per heavy atom. The van der Waals surface area contributed by atoms with E-state index in [9.17, 15) is 4.79 Å². The molecule has 212 valence electrons. The Morgan fingerprint density at radius 1 is 1.02 bits per heavy atom. The Bertz CT molecular complexity index is 1600. The van der Waals surface area contributed by atoms with Crippen LogP contribution in [0.15, 0.2) is 60.7 Å². The van der Waals surface area contributed by atoms with E-state index < -0.39 is 5.82 Å². The van der Waals surface area contributed by atoms with E-state index in [-0.39, 0.29) is 52.7 Å². The summed E-state index contributed by atoms with van der Waals surface area (Å²) in [6.07, 6.45) is 1.54. The summed E-state index contributed by atoms with van der Waals surface area (Å²) >= 11 is 0. The molecule has 1 aliphatic carbocycles. The smallest absolute Gasteiger partial charge is 0.228 e. The van der Waals surface area contributed by atoms with Crippen LogP contribution in [-0.2, 0) is 11.2 Å². The summed E-state index contributed by atoms with van der Waals surface area (Å²) < 4.78 is 26.1. The van der Waals surface area contributed by atoms with Crippen LogP contribution in [0.5, 0.6) is 11.5 Å². The molecular formula is C31H33FN6O3. The van der Waals surface area contributed by atoms with Gasteiger partial charge in [-0.15, -0.1) is 0 Å². The Kier molecular flexibility index (Phi) is 7.08. The molecule has 1 fully saturated rings. The van der Waals surface area contributed by atoms with Gasteiger partial charge in [-0.05, 0) is 35.6 Å². The number of nitrogens with two attached hydrogens (primary N) is 2.